The van der Waals surface area contributed by atoms with Crippen molar-refractivity contribution in [2.75, 3.05) is 18.0 Å². The molecule has 230 valence electrons. The monoisotopic (exact) mass is 625 g/mol. The first-order valence-electron chi connectivity index (χ1n) is 14.7. The molecule has 0 bridgehead atoms. The van der Waals surface area contributed by atoms with Crippen LogP contribution in [-0.2, 0) is 26.2 Å². The van der Waals surface area contributed by atoms with E-state index >= 15 is 0 Å². The van der Waals surface area contributed by atoms with Crippen molar-refractivity contribution < 1.29 is 22.7 Å². The Balaban J connectivity index is 1.69. The molecule has 43 heavy (non-hydrogen) atoms. The third kappa shape index (κ3) is 8.30. The molecule has 1 N–H and O–H groups in total. The zero-order valence-corrected chi connectivity index (χ0v) is 26.5. The van der Waals surface area contributed by atoms with Gasteiger partial charge in [0.2, 0.25) is 11.8 Å². The number of amides is 2. The third-order valence-electron chi connectivity index (χ3n) is 7.85. The average molecular weight is 626 g/mol. The molecule has 0 heterocycles. The van der Waals surface area contributed by atoms with Crippen molar-refractivity contribution in [1.82, 2.24) is 10.2 Å². The van der Waals surface area contributed by atoms with Crippen LogP contribution in [0.1, 0.15) is 56.6 Å². The third-order valence-corrected chi connectivity index (χ3v) is 9.89. The second-order valence-corrected chi connectivity index (χ2v) is 13.2. The Kier molecular flexibility index (Phi) is 11.1. The van der Waals surface area contributed by atoms with Gasteiger partial charge in [-0.2, -0.15) is 0 Å². The summed E-state index contributed by atoms with van der Waals surface area (Å²) in [6.45, 7) is 3.40. The number of nitrogens with one attached hydrogen (secondary N) is 1. The van der Waals surface area contributed by atoms with Crippen molar-refractivity contribution in [2.45, 2.75) is 75.9 Å². The molecule has 1 aliphatic carbocycles. The Bertz CT molecular complexity index is 1470. The summed E-state index contributed by atoms with van der Waals surface area (Å²) in [5.74, 6) is -0.198. The lowest BCUT2D eigenvalue weighted by atomic mass is 9.95. The molecule has 1 saturated carbocycles. The lowest BCUT2D eigenvalue weighted by Gasteiger charge is -2.34. The van der Waals surface area contributed by atoms with E-state index in [9.17, 15) is 18.0 Å². The van der Waals surface area contributed by atoms with Gasteiger partial charge in [0.1, 0.15) is 18.3 Å². The van der Waals surface area contributed by atoms with Gasteiger partial charge < -0.3 is 15.0 Å². The zero-order chi connectivity index (χ0) is 31.0. The van der Waals surface area contributed by atoms with E-state index in [2.05, 4.69) is 5.32 Å². The number of rotatable bonds is 12. The van der Waals surface area contributed by atoms with Crippen LogP contribution in [0.5, 0.6) is 5.75 Å². The van der Waals surface area contributed by atoms with E-state index in [1.54, 1.807) is 60.7 Å². The van der Waals surface area contributed by atoms with Gasteiger partial charge in [0.25, 0.3) is 10.0 Å². The van der Waals surface area contributed by atoms with Crippen molar-refractivity contribution in [3.8, 4) is 5.75 Å². The highest BCUT2D eigenvalue weighted by Gasteiger charge is 2.34. The van der Waals surface area contributed by atoms with Crippen LogP contribution in [0.2, 0.25) is 5.02 Å². The number of anilines is 1. The summed E-state index contributed by atoms with van der Waals surface area (Å²) in [6.07, 6.45) is 5.47. The predicted octanol–water partition coefficient (Wildman–Crippen LogP) is 6.11. The molecule has 0 unspecified atom stereocenters. The molecule has 0 spiro atoms. The molecule has 0 radical (unpaired) electrons. The molecule has 10 heteroatoms. The van der Waals surface area contributed by atoms with Crippen LogP contribution < -0.4 is 14.4 Å². The molecular formula is C33H40ClN3O5S. The van der Waals surface area contributed by atoms with Crippen molar-refractivity contribution in [2.24, 2.45) is 0 Å². The summed E-state index contributed by atoms with van der Waals surface area (Å²) in [5, 5.41) is 3.72. The first-order valence-corrected chi connectivity index (χ1v) is 16.5. The van der Waals surface area contributed by atoms with E-state index in [1.807, 2.05) is 13.8 Å². The maximum atomic E-state index is 14.2. The SMILES string of the molecule is CC[C@H](C(=O)NC1CCCCC1)N(Cc1ccc(Cl)cc1)C(=O)CN(c1ccc(C)cc1)S(=O)(=O)c1ccc(OC)cc1. The number of ether oxygens (including phenoxy) is 1. The minimum Gasteiger partial charge on any atom is -0.497 e. The first-order chi connectivity index (χ1) is 20.6. The van der Waals surface area contributed by atoms with Gasteiger partial charge in [-0.05, 0) is 80.3 Å². The minimum atomic E-state index is -4.16. The number of methoxy groups -OCH3 is 1. The van der Waals surface area contributed by atoms with Gasteiger partial charge in [-0.3, -0.25) is 13.9 Å². The summed E-state index contributed by atoms with van der Waals surface area (Å²) >= 11 is 6.11. The van der Waals surface area contributed by atoms with Gasteiger partial charge in [0, 0.05) is 17.6 Å². The topological polar surface area (TPSA) is 96.0 Å². The molecule has 3 aromatic rings. The summed E-state index contributed by atoms with van der Waals surface area (Å²) in [6, 6.07) is 19.4. The second kappa shape index (κ2) is 14.8. The van der Waals surface area contributed by atoms with Crippen molar-refractivity contribution >= 4 is 39.1 Å². The molecule has 4 rings (SSSR count). The summed E-state index contributed by atoms with van der Waals surface area (Å²) in [4.78, 5) is 29.4. The summed E-state index contributed by atoms with van der Waals surface area (Å²) in [7, 11) is -2.66. The predicted molar refractivity (Wildman–Crippen MR) is 170 cm³/mol. The van der Waals surface area contributed by atoms with Crippen molar-refractivity contribution in [1.29, 1.82) is 0 Å². The quantitative estimate of drug-likeness (QED) is 0.262. The molecule has 3 aromatic carbocycles. The maximum Gasteiger partial charge on any atom is 0.264 e. The van der Waals surface area contributed by atoms with E-state index in [0.29, 0.717) is 22.9 Å². The number of benzene rings is 3. The van der Waals surface area contributed by atoms with Crippen molar-refractivity contribution in [3.05, 3.63) is 88.9 Å². The van der Waals surface area contributed by atoms with Gasteiger partial charge in [-0.1, -0.05) is 67.6 Å². The number of halogens is 1. The molecule has 0 aliphatic heterocycles. The molecule has 1 atom stereocenters. The fourth-order valence-corrected chi connectivity index (χ4v) is 6.91. The highest BCUT2D eigenvalue weighted by Crippen LogP contribution is 2.27. The molecule has 8 nitrogen and oxygen atoms in total. The van der Waals surface area contributed by atoms with E-state index in [1.165, 1.54) is 24.1 Å². The van der Waals surface area contributed by atoms with Gasteiger partial charge >= 0.3 is 0 Å². The van der Waals surface area contributed by atoms with Crippen LogP contribution in [0.3, 0.4) is 0 Å². The van der Waals surface area contributed by atoms with Gasteiger partial charge in [0.15, 0.2) is 0 Å². The Morgan fingerprint density at radius 3 is 2.16 bits per heavy atom. The molecule has 1 fully saturated rings. The van der Waals surface area contributed by atoms with E-state index in [-0.39, 0.29) is 23.4 Å². The molecule has 1 aliphatic rings. The molecular weight excluding hydrogens is 586 g/mol. The number of carbonyl (C=O) groups is 2. The number of carbonyl (C=O) groups excluding carboxylic acids is 2. The van der Waals surface area contributed by atoms with Crippen molar-refractivity contribution in [3.63, 3.8) is 0 Å². The fourth-order valence-electron chi connectivity index (χ4n) is 5.36. The van der Waals surface area contributed by atoms with Crippen LogP contribution in [0.15, 0.2) is 77.7 Å². The number of aryl methyl sites for hydroxylation is 1. The number of sulfonamides is 1. The van der Waals surface area contributed by atoms with Crippen LogP contribution in [-0.4, -0.2) is 50.9 Å². The lowest BCUT2D eigenvalue weighted by Crippen LogP contribution is -2.54. The standard InChI is InChI=1S/C33H40ClN3O5S/c1-4-31(33(39)35-27-8-6-5-7-9-27)36(22-25-12-14-26(34)15-13-25)32(38)23-37(28-16-10-24(2)11-17-28)43(40,41)30-20-18-29(42-3)19-21-30/h10-21,27,31H,4-9,22-23H2,1-3H3,(H,35,39)/t31-/m1/s1. The molecule has 0 aromatic heterocycles. The molecule has 2 amide bonds. The lowest BCUT2D eigenvalue weighted by molar-refractivity contribution is -0.140. The first kappa shape index (κ1) is 32.4. The van der Waals surface area contributed by atoms with Crippen LogP contribution >= 0.6 is 11.6 Å². The molecule has 0 saturated heterocycles. The highest BCUT2D eigenvalue weighted by molar-refractivity contribution is 7.92. The number of hydrogen-bond acceptors (Lipinski definition) is 5. The average Bonchev–Trinajstić information content (AvgIpc) is 3.01. The van der Waals surface area contributed by atoms with E-state index < -0.39 is 28.5 Å². The normalized spacial score (nSPS) is 14.5. The van der Waals surface area contributed by atoms with Gasteiger partial charge in [-0.25, -0.2) is 8.42 Å². The smallest absolute Gasteiger partial charge is 0.264 e. The second-order valence-electron chi connectivity index (χ2n) is 10.9. The van der Waals surface area contributed by atoms with E-state index in [0.717, 1.165) is 47.5 Å². The minimum absolute atomic E-state index is 0.0213. The number of nitrogens with zero attached hydrogens (tertiary/aromatic N) is 2. The van der Waals surface area contributed by atoms with Gasteiger partial charge in [0.05, 0.1) is 17.7 Å². The Labute approximate surface area is 260 Å². The van der Waals surface area contributed by atoms with Crippen LogP contribution in [0, 0.1) is 6.92 Å². The zero-order valence-electron chi connectivity index (χ0n) is 25.0. The maximum absolute atomic E-state index is 14.2. The van der Waals surface area contributed by atoms with Gasteiger partial charge in [-0.15, -0.1) is 0 Å². The van der Waals surface area contributed by atoms with Crippen LogP contribution in [0.4, 0.5) is 5.69 Å². The summed E-state index contributed by atoms with van der Waals surface area (Å²) in [5.41, 5.74) is 2.08. The Morgan fingerprint density at radius 1 is 0.953 bits per heavy atom. The van der Waals surface area contributed by atoms with E-state index in [4.69, 9.17) is 16.3 Å². The Hall–Kier alpha value is -3.56. The summed E-state index contributed by atoms with van der Waals surface area (Å²) < 4.78 is 34.4. The number of hydrogen-bond donors (Lipinski definition) is 1. The van der Waals surface area contributed by atoms with Crippen LogP contribution in [0.25, 0.3) is 0 Å². The highest BCUT2D eigenvalue weighted by atomic mass is 35.5. The largest absolute Gasteiger partial charge is 0.497 e. The fraction of sp³-hybridized carbons (Fsp3) is 0.394. The Morgan fingerprint density at radius 2 is 1.58 bits per heavy atom.